The van der Waals surface area contributed by atoms with Crippen molar-refractivity contribution in [2.45, 2.75) is 19.9 Å². The van der Waals surface area contributed by atoms with Crippen molar-refractivity contribution in [1.29, 1.82) is 0 Å². The molecule has 1 amide bonds. The van der Waals surface area contributed by atoms with Crippen molar-refractivity contribution in [1.82, 2.24) is 10.6 Å². The van der Waals surface area contributed by atoms with Crippen LogP contribution in [0.25, 0.3) is 6.08 Å². The van der Waals surface area contributed by atoms with E-state index in [-0.39, 0.29) is 11.9 Å². The summed E-state index contributed by atoms with van der Waals surface area (Å²) in [7, 11) is 0. The summed E-state index contributed by atoms with van der Waals surface area (Å²) in [5, 5.41) is 5.98. The Morgan fingerprint density at radius 2 is 1.95 bits per heavy atom. The van der Waals surface area contributed by atoms with Gasteiger partial charge in [0.2, 0.25) is 5.91 Å². The van der Waals surface area contributed by atoms with E-state index in [4.69, 9.17) is 16.6 Å². The Hall–Kier alpha value is -2.40. The molecule has 2 rings (SSSR count). The molecule has 0 saturated carbocycles. The molecule has 2 N–H and O–H groups in total. The summed E-state index contributed by atoms with van der Waals surface area (Å²) >= 11 is 5.14. The normalized spacial score (nSPS) is 12.1. The number of hydrogen-bond donors (Lipinski definition) is 2. The maximum atomic E-state index is 11.8. The van der Waals surface area contributed by atoms with Crippen LogP contribution in [-0.4, -0.2) is 11.0 Å². The number of furan rings is 1. The molecule has 0 aliphatic rings. The first-order valence-electron chi connectivity index (χ1n) is 6.95. The highest BCUT2D eigenvalue weighted by Crippen LogP contribution is 2.10. The highest BCUT2D eigenvalue weighted by atomic mass is 32.1. The highest BCUT2D eigenvalue weighted by Gasteiger charge is 2.07. The lowest BCUT2D eigenvalue weighted by Gasteiger charge is -2.16. The summed E-state index contributed by atoms with van der Waals surface area (Å²) in [6.45, 7) is 3.83. The van der Waals surface area contributed by atoms with E-state index in [9.17, 15) is 4.79 Å². The van der Waals surface area contributed by atoms with Gasteiger partial charge in [0.05, 0.1) is 6.04 Å². The van der Waals surface area contributed by atoms with E-state index in [0.717, 1.165) is 11.3 Å². The SMILES string of the molecule is Cc1ccc(/C=C/C(=O)NC(=S)NC(C)c2ccccc2)o1. The zero-order chi connectivity index (χ0) is 15.9. The smallest absolute Gasteiger partial charge is 0.250 e. The quantitative estimate of drug-likeness (QED) is 0.671. The molecule has 22 heavy (non-hydrogen) atoms. The number of amides is 1. The molecule has 5 heteroatoms. The first kappa shape index (κ1) is 16.0. The van der Waals surface area contributed by atoms with Crippen LogP contribution in [-0.2, 0) is 4.79 Å². The van der Waals surface area contributed by atoms with Crippen molar-refractivity contribution in [2.24, 2.45) is 0 Å². The minimum absolute atomic E-state index is 0.0192. The first-order valence-corrected chi connectivity index (χ1v) is 7.36. The van der Waals surface area contributed by atoms with E-state index in [2.05, 4.69) is 10.6 Å². The largest absolute Gasteiger partial charge is 0.462 e. The summed E-state index contributed by atoms with van der Waals surface area (Å²) in [4.78, 5) is 11.8. The number of carbonyl (C=O) groups is 1. The molecule has 114 valence electrons. The summed E-state index contributed by atoms with van der Waals surface area (Å²) in [6, 6.07) is 13.5. The number of hydrogen-bond acceptors (Lipinski definition) is 3. The van der Waals surface area contributed by atoms with Gasteiger partial charge in [-0.3, -0.25) is 10.1 Å². The number of rotatable bonds is 4. The number of thiocarbonyl (C=S) groups is 1. The topological polar surface area (TPSA) is 54.3 Å². The summed E-state index contributed by atoms with van der Waals surface area (Å²) in [5.41, 5.74) is 1.10. The van der Waals surface area contributed by atoms with E-state index in [1.165, 1.54) is 6.08 Å². The lowest BCUT2D eigenvalue weighted by atomic mass is 10.1. The molecule has 4 nitrogen and oxygen atoms in total. The molecule has 2 aromatic rings. The summed E-state index contributed by atoms with van der Waals surface area (Å²) in [5.74, 6) is 1.13. The van der Waals surface area contributed by atoms with Crippen LogP contribution in [0.5, 0.6) is 0 Å². The van der Waals surface area contributed by atoms with Gasteiger partial charge >= 0.3 is 0 Å². The van der Waals surface area contributed by atoms with Crippen molar-refractivity contribution >= 4 is 29.3 Å². The fourth-order valence-corrected chi connectivity index (χ4v) is 2.19. The predicted octanol–water partition coefficient (Wildman–Crippen LogP) is 3.35. The Morgan fingerprint density at radius 1 is 1.23 bits per heavy atom. The number of benzene rings is 1. The highest BCUT2D eigenvalue weighted by molar-refractivity contribution is 7.80. The van der Waals surface area contributed by atoms with E-state index in [1.54, 1.807) is 12.1 Å². The molecule has 1 heterocycles. The Labute approximate surface area is 135 Å². The van der Waals surface area contributed by atoms with Crippen molar-refractivity contribution < 1.29 is 9.21 Å². The molecule has 0 radical (unpaired) electrons. The van der Waals surface area contributed by atoms with Crippen molar-refractivity contribution in [2.75, 3.05) is 0 Å². The van der Waals surface area contributed by atoms with E-state index < -0.39 is 0 Å². The molecule has 1 aromatic heterocycles. The molecular formula is C17H18N2O2S. The van der Waals surface area contributed by atoms with E-state index >= 15 is 0 Å². The van der Waals surface area contributed by atoms with Gasteiger partial charge in [-0.25, -0.2) is 0 Å². The van der Waals surface area contributed by atoms with Crippen LogP contribution in [0.4, 0.5) is 0 Å². The fraction of sp³-hybridized carbons (Fsp3) is 0.176. The van der Waals surface area contributed by atoms with Crippen LogP contribution < -0.4 is 10.6 Å². The predicted molar refractivity (Wildman–Crippen MR) is 91.2 cm³/mol. The van der Waals surface area contributed by atoms with Gasteiger partial charge in [-0.2, -0.15) is 0 Å². The second kappa shape index (κ2) is 7.56. The molecule has 1 aromatic carbocycles. The zero-order valence-electron chi connectivity index (χ0n) is 12.5. The van der Waals surface area contributed by atoms with Crippen LogP contribution in [0.15, 0.2) is 53.0 Å². The summed E-state index contributed by atoms with van der Waals surface area (Å²) in [6.07, 6.45) is 2.99. The minimum Gasteiger partial charge on any atom is -0.462 e. The third kappa shape index (κ3) is 4.86. The molecule has 0 aliphatic carbocycles. The van der Waals surface area contributed by atoms with Crippen LogP contribution in [0.2, 0.25) is 0 Å². The third-order valence-electron chi connectivity index (χ3n) is 3.04. The van der Waals surface area contributed by atoms with Crippen LogP contribution >= 0.6 is 12.2 Å². The van der Waals surface area contributed by atoms with Gasteiger partial charge in [-0.15, -0.1) is 0 Å². The van der Waals surface area contributed by atoms with Gasteiger partial charge in [0.25, 0.3) is 0 Å². The van der Waals surface area contributed by atoms with Crippen molar-refractivity contribution in [3.8, 4) is 0 Å². The lowest BCUT2D eigenvalue weighted by molar-refractivity contribution is -0.115. The maximum absolute atomic E-state index is 11.8. The second-order valence-electron chi connectivity index (χ2n) is 4.88. The van der Waals surface area contributed by atoms with Gasteiger partial charge in [-0.1, -0.05) is 30.3 Å². The van der Waals surface area contributed by atoms with Crippen LogP contribution in [0.1, 0.15) is 30.0 Å². The number of carbonyl (C=O) groups excluding carboxylic acids is 1. The summed E-state index contributed by atoms with van der Waals surface area (Å²) < 4.78 is 5.35. The first-order chi connectivity index (χ1) is 10.5. The molecular weight excluding hydrogens is 296 g/mol. The average molecular weight is 314 g/mol. The molecule has 0 spiro atoms. The second-order valence-corrected chi connectivity index (χ2v) is 5.29. The average Bonchev–Trinajstić information content (AvgIpc) is 2.91. The minimum atomic E-state index is -0.299. The molecule has 0 aliphatic heterocycles. The molecule has 0 saturated heterocycles. The van der Waals surface area contributed by atoms with Gasteiger partial charge in [0, 0.05) is 6.08 Å². The van der Waals surface area contributed by atoms with Crippen LogP contribution in [0, 0.1) is 6.92 Å². The van der Waals surface area contributed by atoms with Gasteiger partial charge in [0.1, 0.15) is 11.5 Å². The van der Waals surface area contributed by atoms with Crippen molar-refractivity contribution in [3.63, 3.8) is 0 Å². The van der Waals surface area contributed by atoms with Gasteiger partial charge in [-0.05, 0) is 49.8 Å². The number of aryl methyl sites for hydroxylation is 1. The number of nitrogens with one attached hydrogen (secondary N) is 2. The van der Waals surface area contributed by atoms with Gasteiger partial charge < -0.3 is 9.73 Å². The van der Waals surface area contributed by atoms with Gasteiger partial charge in [0.15, 0.2) is 5.11 Å². The standard InChI is InChI=1S/C17H18N2O2S/c1-12-8-9-15(21-12)10-11-16(20)19-17(22)18-13(2)14-6-4-3-5-7-14/h3-11,13H,1-2H3,(H2,18,19,20,22)/b11-10+. The van der Waals surface area contributed by atoms with E-state index in [1.807, 2.05) is 50.2 Å². The van der Waals surface area contributed by atoms with E-state index in [0.29, 0.717) is 10.9 Å². The lowest BCUT2D eigenvalue weighted by Crippen LogP contribution is -2.39. The Bertz CT molecular complexity index is 677. The molecule has 0 bridgehead atoms. The fourth-order valence-electron chi connectivity index (χ4n) is 1.91. The Morgan fingerprint density at radius 3 is 2.59 bits per heavy atom. The Kier molecular flexibility index (Phi) is 5.49. The monoisotopic (exact) mass is 314 g/mol. The van der Waals surface area contributed by atoms with Crippen molar-refractivity contribution in [3.05, 3.63) is 65.6 Å². The zero-order valence-corrected chi connectivity index (χ0v) is 13.3. The molecule has 0 fully saturated rings. The Balaban J connectivity index is 1.84. The maximum Gasteiger partial charge on any atom is 0.250 e. The molecule has 1 atom stereocenters. The van der Waals surface area contributed by atoms with Crippen LogP contribution in [0.3, 0.4) is 0 Å². The molecule has 1 unspecified atom stereocenters. The third-order valence-corrected chi connectivity index (χ3v) is 3.26.